The van der Waals surface area contributed by atoms with Crippen LogP contribution in [0.4, 0.5) is 4.79 Å². The van der Waals surface area contributed by atoms with Crippen molar-refractivity contribution < 1.29 is 14.6 Å². The maximum absolute atomic E-state index is 12.3. The molecule has 5 nitrogen and oxygen atoms in total. The summed E-state index contributed by atoms with van der Waals surface area (Å²) in [5, 5.41) is 12.3. The van der Waals surface area contributed by atoms with Gasteiger partial charge in [-0.05, 0) is 12.8 Å². The molecule has 5 heteroatoms. The van der Waals surface area contributed by atoms with Gasteiger partial charge < -0.3 is 20.1 Å². The maximum Gasteiger partial charge on any atom is 0.317 e. The molecule has 4 unspecified atom stereocenters. The van der Waals surface area contributed by atoms with Crippen LogP contribution in [0.5, 0.6) is 0 Å². The Labute approximate surface area is 114 Å². The summed E-state index contributed by atoms with van der Waals surface area (Å²) in [6.45, 7) is 6.78. The molecule has 0 radical (unpaired) electrons. The number of carbonyl (C=O) groups is 1. The van der Waals surface area contributed by atoms with Crippen LogP contribution in [-0.4, -0.2) is 54.5 Å². The number of hydrogen-bond donors (Lipinski definition) is 2. The van der Waals surface area contributed by atoms with Gasteiger partial charge in [0.25, 0.3) is 0 Å². The van der Waals surface area contributed by atoms with Gasteiger partial charge in [0.15, 0.2) is 0 Å². The minimum absolute atomic E-state index is 0.0272. The predicted molar refractivity (Wildman–Crippen MR) is 70.7 cm³/mol. The van der Waals surface area contributed by atoms with Crippen LogP contribution in [0.3, 0.4) is 0 Å². The Morgan fingerprint density at radius 3 is 2.95 bits per heavy atom. The number of aliphatic hydroxyl groups is 1. The van der Waals surface area contributed by atoms with E-state index in [0.717, 1.165) is 26.0 Å². The molecule has 0 aromatic heterocycles. The number of ether oxygens (including phenoxy) is 1. The topological polar surface area (TPSA) is 61.8 Å². The largest absolute Gasteiger partial charge is 0.396 e. The van der Waals surface area contributed by atoms with Crippen molar-refractivity contribution >= 4 is 6.03 Å². The average Bonchev–Trinajstić information content (AvgIpc) is 3.03. The molecule has 1 aliphatic carbocycles. The van der Waals surface area contributed by atoms with E-state index in [0.29, 0.717) is 18.6 Å². The number of urea groups is 1. The highest BCUT2D eigenvalue weighted by atomic mass is 16.5. The fourth-order valence-corrected chi connectivity index (χ4v) is 4.01. The molecule has 108 valence electrons. The molecule has 19 heavy (non-hydrogen) atoms. The van der Waals surface area contributed by atoms with E-state index in [1.54, 1.807) is 0 Å². The molecule has 3 fully saturated rings. The smallest absolute Gasteiger partial charge is 0.317 e. The van der Waals surface area contributed by atoms with Crippen LogP contribution in [0, 0.1) is 17.3 Å². The van der Waals surface area contributed by atoms with Gasteiger partial charge in [0.05, 0.1) is 6.10 Å². The Hall–Kier alpha value is -0.810. The first kappa shape index (κ1) is 13.2. The summed E-state index contributed by atoms with van der Waals surface area (Å²) in [6.07, 6.45) is 2.27. The van der Waals surface area contributed by atoms with Gasteiger partial charge in [0.1, 0.15) is 0 Å². The van der Waals surface area contributed by atoms with Gasteiger partial charge in [0, 0.05) is 49.6 Å². The number of nitrogens with one attached hydrogen (secondary N) is 1. The fourth-order valence-electron chi connectivity index (χ4n) is 4.01. The first-order valence-electron chi connectivity index (χ1n) is 7.32. The molecule has 2 heterocycles. The minimum Gasteiger partial charge on any atom is -0.396 e. The first-order chi connectivity index (χ1) is 9.04. The summed E-state index contributed by atoms with van der Waals surface area (Å²) < 4.78 is 5.74. The number of fused-ring (bicyclic) bond motifs is 1. The second-order valence-corrected chi connectivity index (χ2v) is 6.78. The second-order valence-electron chi connectivity index (χ2n) is 6.78. The van der Waals surface area contributed by atoms with Crippen molar-refractivity contribution in [2.75, 3.05) is 26.3 Å². The van der Waals surface area contributed by atoms with E-state index in [-0.39, 0.29) is 30.0 Å². The summed E-state index contributed by atoms with van der Waals surface area (Å²) in [4.78, 5) is 14.1. The van der Waals surface area contributed by atoms with Crippen LogP contribution in [-0.2, 0) is 4.74 Å². The lowest BCUT2D eigenvalue weighted by Crippen LogP contribution is -2.67. The lowest BCUT2D eigenvalue weighted by molar-refractivity contribution is -0.109. The third kappa shape index (κ3) is 2.03. The molecular formula is C14H24N2O3. The fraction of sp³-hybridized carbons (Fsp3) is 0.929. The van der Waals surface area contributed by atoms with Crippen LogP contribution in [0.25, 0.3) is 0 Å². The van der Waals surface area contributed by atoms with Crippen molar-refractivity contribution in [2.24, 2.45) is 17.3 Å². The lowest BCUT2D eigenvalue weighted by Gasteiger charge is -2.54. The summed E-state index contributed by atoms with van der Waals surface area (Å²) in [6, 6.07) is 0.250. The quantitative estimate of drug-likeness (QED) is 0.779. The molecule has 3 aliphatic rings. The molecule has 2 saturated heterocycles. The minimum atomic E-state index is 0.0272. The number of carbonyl (C=O) groups excluding carboxylic acids is 1. The number of rotatable bonds is 2. The Morgan fingerprint density at radius 2 is 2.26 bits per heavy atom. The van der Waals surface area contributed by atoms with Crippen molar-refractivity contribution in [3.63, 3.8) is 0 Å². The number of nitrogens with zero attached hydrogens (tertiary/aromatic N) is 1. The van der Waals surface area contributed by atoms with Gasteiger partial charge in [-0.15, -0.1) is 0 Å². The molecule has 2 aliphatic heterocycles. The molecule has 3 rings (SSSR count). The molecule has 0 bridgehead atoms. The van der Waals surface area contributed by atoms with Gasteiger partial charge >= 0.3 is 6.03 Å². The van der Waals surface area contributed by atoms with Crippen molar-refractivity contribution in [1.29, 1.82) is 0 Å². The number of hydrogen-bond acceptors (Lipinski definition) is 3. The Bertz CT molecular complexity index is 372. The van der Waals surface area contributed by atoms with Crippen LogP contribution < -0.4 is 5.32 Å². The lowest BCUT2D eigenvalue weighted by atomic mass is 9.57. The van der Waals surface area contributed by atoms with Crippen LogP contribution in [0.2, 0.25) is 0 Å². The van der Waals surface area contributed by atoms with Crippen molar-refractivity contribution in [1.82, 2.24) is 10.2 Å². The summed E-state index contributed by atoms with van der Waals surface area (Å²) in [7, 11) is 0. The first-order valence-corrected chi connectivity index (χ1v) is 7.32. The highest BCUT2D eigenvalue weighted by Crippen LogP contribution is 2.52. The normalized spacial score (nSPS) is 39.8. The van der Waals surface area contributed by atoms with E-state index in [9.17, 15) is 4.79 Å². The molecule has 2 amide bonds. The summed E-state index contributed by atoms with van der Waals surface area (Å²) >= 11 is 0. The van der Waals surface area contributed by atoms with Gasteiger partial charge in [-0.25, -0.2) is 4.79 Å². The third-order valence-corrected chi connectivity index (χ3v) is 5.21. The van der Waals surface area contributed by atoms with Crippen molar-refractivity contribution in [3.8, 4) is 0 Å². The van der Waals surface area contributed by atoms with E-state index in [1.807, 2.05) is 4.90 Å². The summed E-state index contributed by atoms with van der Waals surface area (Å²) in [5.41, 5.74) is 0.0347. The zero-order chi connectivity index (χ0) is 13.6. The SMILES string of the molecule is CC1(C)C(NC(=O)N2CCC(CO)C2)C2CCOC21. The molecule has 2 N–H and O–H groups in total. The van der Waals surface area contributed by atoms with Crippen LogP contribution in [0.1, 0.15) is 26.7 Å². The highest BCUT2D eigenvalue weighted by Gasteiger charge is 2.60. The molecule has 0 aromatic rings. The monoisotopic (exact) mass is 268 g/mol. The van der Waals surface area contributed by atoms with Gasteiger partial charge in [-0.3, -0.25) is 0 Å². The summed E-state index contributed by atoms with van der Waals surface area (Å²) in [5.74, 6) is 0.734. The van der Waals surface area contributed by atoms with E-state index < -0.39 is 0 Å². The third-order valence-electron chi connectivity index (χ3n) is 5.21. The van der Waals surface area contributed by atoms with E-state index in [4.69, 9.17) is 9.84 Å². The van der Waals surface area contributed by atoms with E-state index in [2.05, 4.69) is 19.2 Å². The van der Waals surface area contributed by atoms with Crippen LogP contribution in [0.15, 0.2) is 0 Å². The number of aliphatic hydroxyl groups excluding tert-OH is 1. The molecule has 0 aromatic carbocycles. The molecule has 0 spiro atoms. The maximum atomic E-state index is 12.3. The van der Waals surface area contributed by atoms with E-state index in [1.165, 1.54) is 0 Å². The standard InChI is InChI=1S/C14H24N2O3/c1-14(2)11(10-4-6-19-12(10)14)15-13(18)16-5-3-9(7-16)8-17/h9-12,17H,3-8H2,1-2H3,(H,15,18). The highest BCUT2D eigenvalue weighted by molar-refractivity contribution is 5.75. The zero-order valence-corrected chi connectivity index (χ0v) is 11.8. The van der Waals surface area contributed by atoms with Crippen molar-refractivity contribution in [3.05, 3.63) is 0 Å². The average molecular weight is 268 g/mol. The Morgan fingerprint density at radius 1 is 1.47 bits per heavy atom. The second kappa shape index (κ2) is 4.63. The Balaban J connectivity index is 1.58. The van der Waals surface area contributed by atoms with Gasteiger partial charge in [-0.2, -0.15) is 0 Å². The predicted octanol–water partition coefficient (Wildman–Crippen LogP) is 0.824. The van der Waals surface area contributed by atoms with Gasteiger partial charge in [0.2, 0.25) is 0 Å². The van der Waals surface area contributed by atoms with Gasteiger partial charge in [-0.1, -0.05) is 13.8 Å². The number of likely N-dealkylation sites (tertiary alicyclic amines) is 1. The van der Waals surface area contributed by atoms with Crippen molar-refractivity contribution in [2.45, 2.75) is 38.8 Å². The molecular weight excluding hydrogens is 244 g/mol. The van der Waals surface area contributed by atoms with Crippen LogP contribution >= 0.6 is 0 Å². The van der Waals surface area contributed by atoms with E-state index >= 15 is 0 Å². The zero-order valence-electron chi connectivity index (χ0n) is 11.8. The Kier molecular flexibility index (Phi) is 3.21. The molecule has 4 atom stereocenters. The number of amides is 2. The molecule has 1 saturated carbocycles.